The second-order valence-electron chi connectivity index (χ2n) is 13.1. The quantitative estimate of drug-likeness (QED) is 0.221. The Hall–Kier alpha value is -3.95. The van der Waals surface area contributed by atoms with E-state index in [2.05, 4.69) is 60.7 Å². The van der Waals surface area contributed by atoms with Gasteiger partial charge in [-0.25, -0.2) is 0 Å². The van der Waals surface area contributed by atoms with Crippen molar-refractivity contribution in [2.45, 2.75) is 49.9 Å². The van der Waals surface area contributed by atoms with E-state index in [9.17, 15) is 10.0 Å². The fourth-order valence-corrected chi connectivity index (χ4v) is 8.80. The van der Waals surface area contributed by atoms with E-state index in [1.54, 1.807) is 0 Å². The number of benzene rings is 5. The van der Waals surface area contributed by atoms with E-state index in [1.807, 2.05) is 84.1 Å². The van der Waals surface area contributed by atoms with Gasteiger partial charge in [-0.15, -0.1) is 11.3 Å². The minimum Gasteiger partial charge on any atom is -0.423 e. The summed E-state index contributed by atoms with van der Waals surface area (Å²) < 4.78 is 18.7. The molecule has 1 spiro atoms. The normalized spacial score (nSPS) is 19.6. The summed E-state index contributed by atoms with van der Waals surface area (Å²) in [6, 6.07) is 45.1. The van der Waals surface area contributed by atoms with Gasteiger partial charge in [0.05, 0.1) is 11.7 Å². The van der Waals surface area contributed by atoms with Crippen LogP contribution in [-0.4, -0.2) is 31.8 Å². The van der Waals surface area contributed by atoms with Gasteiger partial charge in [0.1, 0.15) is 6.10 Å². The highest BCUT2D eigenvalue weighted by Gasteiger charge is 2.47. The van der Waals surface area contributed by atoms with Crippen molar-refractivity contribution in [2.75, 3.05) is 0 Å². The van der Waals surface area contributed by atoms with E-state index in [-0.39, 0.29) is 17.8 Å². The molecule has 0 saturated heterocycles. The van der Waals surface area contributed by atoms with Crippen LogP contribution in [0.15, 0.2) is 133 Å². The summed E-state index contributed by atoms with van der Waals surface area (Å²) in [5, 5.41) is 21.0. The summed E-state index contributed by atoms with van der Waals surface area (Å²) in [4.78, 5) is 1.31. The van der Waals surface area contributed by atoms with Crippen LogP contribution in [-0.2, 0) is 19.6 Å². The first-order chi connectivity index (χ1) is 24.1. The van der Waals surface area contributed by atoms with Crippen molar-refractivity contribution in [3.63, 3.8) is 0 Å². The third kappa shape index (κ3) is 6.43. The zero-order valence-electron chi connectivity index (χ0n) is 27.3. The molecule has 0 radical (unpaired) electrons. The first-order valence-electron chi connectivity index (χ1n) is 17.2. The molecule has 1 fully saturated rings. The second kappa shape index (κ2) is 14.1. The Kier molecular flexibility index (Phi) is 9.30. The van der Waals surface area contributed by atoms with Gasteiger partial charge in [0, 0.05) is 9.58 Å². The SMILES string of the molecule is B1OC(c2cc3ccccc3s2)c2ccccc21.OB1OC(c2ccccc2)c2ccccc21.OB1OC2(CCCCC2)c2ccccc21. The highest BCUT2D eigenvalue weighted by Crippen LogP contribution is 2.43. The Bertz CT molecular complexity index is 2010. The molecule has 1 saturated carbocycles. The summed E-state index contributed by atoms with van der Waals surface area (Å²) in [5.41, 5.74) is 7.67. The van der Waals surface area contributed by atoms with Gasteiger partial charge in [-0.3, -0.25) is 0 Å². The average Bonchev–Trinajstić information content (AvgIpc) is 3.93. The van der Waals surface area contributed by atoms with Crippen molar-refractivity contribution >= 4 is 59.5 Å². The molecular weight excluding hydrogens is 625 g/mol. The smallest absolute Gasteiger partial charge is 0.423 e. The van der Waals surface area contributed by atoms with E-state index >= 15 is 0 Å². The molecule has 2 N–H and O–H groups in total. The van der Waals surface area contributed by atoms with Crippen LogP contribution < -0.4 is 16.4 Å². The van der Waals surface area contributed by atoms with Gasteiger partial charge in [0.15, 0.2) is 0 Å². The van der Waals surface area contributed by atoms with E-state index in [0.29, 0.717) is 0 Å². The van der Waals surface area contributed by atoms with Crippen LogP contribution in [0.1, 0.15) is 71.4 Å². The molecule has 1 aliphatic carbocycles. The van der Waals surface area contributed by atoms with Gasteiger partial charge in [-0.05, 0) is 69.0 Å². The fourth-order valence-electron chi connectivity index (χ4n) is 7.67. The van der Waals surface area contributed by atoms with Crippen molar-refractivity contribution in [2.24, 2.45) is 0 Å². The molecule has 1 aromatic heterocycles. The van der Waals surface area contributed by atoms with Gasteiger partial charge in [0.25, 0.3) is 0 Å². The predicted molar refractivity (Wildman–Crippen MR) is 201 cm³/mol. The minimum absolute atomic E-state index is 0.124. The van der Waals surface area contributed by atoms with E-state index in [4.69, 9.17) is 14.0 Å². The van der Waals surface area contributed by atoms with Crippen LogP contribution in [0.3, 0.4) is 0 Å². The van der Waals surface area contributed by atoms with E-state index < -0.39 is 14.2 Å². The Morgan fingerprint density at radius 2 is 1.33 bits per heavy atom. The number of hydrogen-bond donors (Lipinski definition) is 2. The number of rotatable bonds is 2. The Labute approximate surface area is 293 Å². The van der Waals surface area contributed by atoms with Crippen LogP contribution in [0.2, 0.25) is 0 Å². The van der Waals surface area contributed by atoms with E-state index in [1.165, 1.54) is 50.8 Å². The standard InChI is InChI=1S/C15H11BOS.C13H11BO2.C12H15BO2/c1-4-8-13-10(5-1)9-14(18-13)15-11-6-2-3-7-12(11)16-17-15;15-14-12-9-5-4-8-11(12)13(16-14)10-6-2-1-3-7-10;14-13-11-7-3-2-6-10(11)12(15-13)8-4-1-5-9-12/h1-9,15-16H;1-9,13,15H;2-3,6-7,14H,1,4-5,8-9H2. The molecule has 5 nitrogen and oxygen atoms in total. The molecule has 4 aliphatic rings. The summed E-state index contributed by atoms with van der Waals surface area (Å²) in [7, 11) is -0.782. The van der Waals surface area contributed by atoms with Crippen molar-refractivity contribution in [1.29, 1.82) is 0 Å². The molecule has 242 valence electrons. The maximum atomic E-state index is 9.88. The lowest BCUT2D eigenvalue weighted by Gasteiger charge is -2.34. The maximum Gasteiger partial charge on any atom is 0.492 e. The molecule has 2 atom stereocenters. The number of thiophene rings is 1. The number of hydrogen-bond acceptors (Lipinski definition) is 6. The van der Waals surface area contributed by atoms with Gasteiger partial charge in [-0.2, -0.15) is 0 Å². The lowest BCUT2D eigenvalue weighted by atomic mass is 9.75. The third-order valence-corrected chi connectivity index (χ3v) is 11.2. The second-order valence-corrected chi connectivity index (χ2v) is 14.2. The topological polar surface area (TPSA) is 68.2 Å². The fraction of sp³-hybridized carbons (Fsp3) is 0.200. The van der Waals surface area contributed by atoms with Crippen LogP contribution in [0.5, 0.6) is 0 Å². The van der Waals surface area contributed by atoms with Crippen LogP contribution >= 0.6 is 11.3 Å². The molecule has 49 heavy (non-hydrogen) atoms. The summed E-state index contributed by atoms with van der Waals surface area (Å²) in [5.74, 6) is 0. The molecule has 0 bridgehead atoms. The Morgan fingerprint density at radius 3 is 2.14 bits per heavy atom. The van der Waals surface area contributed by atoms with Gasteiger partial charge in [-0.1, -0.05) is 141 Å². The zero-order valence-corrected chi connectivity index (χ0v) is 28.1. The van der Waals surface area contributed by atoms with Crippen LogP contribution in [0.25, 0.3) is 10.1 Å². The van der Waals surface area contributed by atoms with Crippen molar-refractivity contribution in [3.05, 3.63) is 161 Å². The van der Waals surface area contributed by atoms with E-state index in [0.717, 1.165) is 42.4 Å². The van der Waals surface area contributed by atoms with Crippen molar-refractivity contribution < 1.29 is 24.0 Å². The largest absolute Gasteiger partial charge is 0.492 e. The first kappa shape index (κ1) is 32.3. The van der Waals surface area contributed by atoms with Gasteiger partial charge >= 0.3 is 21.7 Å². The molecule has 0 amide bonds. The van der Waals surface area contributed by atoms with Gasteiger partial charge in [0.2, 0.25) is 0 Å². The van der Waals surface area contributed by atoms with Gasteiger partial charge < -0.3 is 24.0 Å². The van der Waals surface area contributed by atoms with Crippen LogP contribution in [0.4, 0.5) is 0 Å². The molecule has 2 unspecified atom stereocenters. The molecule has 6 aromatic rings. The van der Waals surface area contributed by atoms with Crippen molar-refractivity contribution in [3.8, 4) is 0 Å². The first-order valence-corrected chi connectivity index (χ1v) is 18.0. The summed E-state index contributed by atoms with van der Waals surface area (Å²) in [6.07, 6.45) is 5.80. The molecule has 5 aromatic carbocycles. The average molecular weight is 662 g/mol. The monoisotopic (exact) mass is 662 g/mol. The molecule has 4 heterocycles. The zero-order chi connectivity index (χ0) is 33.2. The highest BCUT2D eigenvalue weighted by atomic mass is 32.1. The van der Waals surface area contributed by atoms with Crippen molar-refractivity contribution in [1.82, 2.24) is 0 Å². The molecule has 10 rings (SSSR count). The lowest BCUT2D eigenvalue weighted by Crippen LogP contribution is -2.31. The summed E-state index contributed by atoms with van der Waals surface area (Å²) >= 11 is 1.83. The lowest BCUT2D eigenvalue weighted by molar-refractivity contribution is 0.0223. The summed E-state index contributed by atoms with van der Waals surface area (Å²) in [6.45, 7) is 0. The molecular formula is C40H37B3O5S. The molecule has 3 aliphatic heterocycles. The predicted octanol–water partition coefficient (Wildman–Crippen LogP) is 6.06. The Morgan fingerprint density at radius 1 is 0.653 bits per heavy atom. The van der Waals surface area contributed by atoms with Crippen LogP contribution in [0, 0.1) is 0 Å². The maximum absolute atomic E-state index is 9.88. The minimum atomic E-state index is -0.804. The number of fused-ring (bicyclic) bond motifs is 5. The molecule has 9 heteroatoms. The Balaban J connectivity index is 0.000000107. The highest BCUT2D eigenvalue weighted by molar-refractivity contribution is 7.19. The third-order valence-electron chi connectivity index (χ3n) is 10.1.